The summed E-state index contributed by atoms with van der Waals surface area (Å²) in [5, 5.41) is 3.18. The fourth-order valence-electron chi connectivity index (χ4n) is 2.42. The van der Waals surface area contributed by atoms with E-state index in [0.717, 1.165) is 19.4 Å². The van der Waals surface area contributed by atoms with Gasteiger partial charge in [-0.25, -0.2) is 8.42 Å². The topological polar surface area (TPSA) is 66.5 Å². The largest absolute Gasteiger partial charge is 0.344 e. The smallest absolute Gasteiger partial charge is 0.239 e. The molecule has 0 aromatic rings. The van der Waals surface area contributed by atoms with Crippen molar-refractivity contribution in [2.75, 3.05) is 25.1 Å². The summed E-state index contributed by atoms with van der Waals surface area (Å²) in [7, 11) is -1.11. The maximum Gasteiger partial charge on any atom is 0.239 e. The van der Waals surface area contributed by atoms with Crippen molar-refractivity contribution in [3.8, 4) is 0 Å². The average Bonchev–Trinajstić information content (AvgIpc) is 2.48. The lowest BCUT2D eigenvalue weighted by Gasteiger charge is -2.25. The molecule has 5 nitrogen and oxygen atoms in total. The van der Waals surface area contributed by atoms with Gasteiger partial charge in [0.05, 0.1) is 17.5 Å². The van der Waals surface area contributed by atoms with Crippen LogP contribution in [0.1, 0.15) is 19.3 Å². The quantitative estimate of drug-likeness (QED) is 0.705. The second kappa shape index (κ2) is 4.33. The molecule has 0 aliphatic carbocycles. The van der Waals surface area contributed by atoms with E-state index in [9.17, 15) is 13.2 Å². The van der Waals surface area contributed by atoms with Gasteiger partial charge in [-0.15, -0.1) is 0 Å². The highest BCUT2D eigenvalue weighted by Gasteiger charge is 2.33. The molecule has 2 aliphatic rings. The Labute approximate surface area is 96.1 Å². The molecule has 2 unspecified atom stereocenters. The molecule has 92 valence electrons. The lowest BCUT2D eigenvalue weighted by Crippen LogP contribution is -2.48. The van der Waals surface area contributed by atoms with E-state index in [-0.39, 0.29) is 23.7 Å². The minimum absolute atomic E-state index is 0.0424. The van der Waals surface area contributed by atoms with Crippen LogP contribution in [0.3, 0.4) is 0 Å². The Hall–Kier alpha value is -0.620. The predicted molar refractivity (Wildman–Crippen MR) is 60.9 cm³/mol. The highest BCUT2D eigenvalue weighted by molar-refractivity contribution is 7.91. The number of hydrogen-bond donors (Lipinski definition) is 1. The van der Waals surface area contributed by atoms with Crippen molar-refractivity contribution in [1.29, 1.82) is 0 Å². The van der Waals surface area contributed by atoms with E-state index in [0.29, 0.717) is 12.2 Å². The number of amides is 1. The fraction of sp³-hybridized carbons (Fsp3) is 0.900. The van der Waals surface area contributed by atoms with Crippen LogP contribution in [0.2, 0.25) is 0 Å². The van der Waals surface area contributed by atoms with Crippen molar-refractivity contribution in [2.45, 2.75) is 31.3 Å². The van der Waals surface area contributed by atoms with E-state index in [4.69, 9.17) is 0 Å². The summed E-state index contributed by atoms with van der Waals surface area (Å²) in [6.45, 7) is 0.760. The number of carbonyl (C=O) groups is 1. The van der Waals surface area contributed by atoms with Crippen LogP contribution in [-0.2, 0) is 14.6 Å². The number of likely N-dealkylation sites (tertiary alicyclic amines) is 1. The molecule has 2 rings (SSSR count). The number of nitrogens with zero attached hydrogens (tertiary/aromatic N) is 1. The molecule has 2 aliphatic heterocycles. The van der Waals surface area contributed by atoms with Crippen molar-refractivity contribution in [2.24, 2.45) is 0 Å². The van der Waals surface area contributed by atoms with Gasteiger partial charge < -0.3 is 10.2 Å². The summed E-state index contributed by atoms with van der Waals surface area (Å²) in [5.74, 6) is 0.562. The maximum atomic E-state index is 11.7. The van der Waals surface area contributed by atoms with Crippen LogP contribution in [-0.4, -0.2) is 56.4 Å². The van der Waals surface area contributed by atoms with Gasteiger partial charge in [0.15, 0.2) is 9.84 Å². The van der Waals surface area contributed by atoms with Crippen molar-refractivity contribution in [1.82, 2.24) is 10.2 Å². The number of likely N-dealkylation sites (N-methyl/N-ethyl adjacent to an activating group) is 1. The third-order valence-corrected chi connectivity index (χ3v) is 5.15. The molecule has 1 N–H and O–H groups in total. The summed E-state index contributed by atoms with van der Waals surface area (Å²) in [5.41, 5.74) is 0. The van der Waals surface area contributed by atoms with E-state index in [1.807, 2.05) is 0 Å². The highest BCUT2D eigenvalue weighted by atomic mass is 32.2. The molecule has 0 aromatic carbocycles. The Balaban J connectivity index is 1.93. The van der Waals surface area contributed by atoms with E-state index in [1.165, 1.54) is 0 Å². The summed E-state index contributed by atoms with van der Waals surface area (Å²) < 4.78 is 22.9. The molecule has 2 atom stereocenters. The zero-order valence-corrected chi connectivity index (χ0v) is 10.3. The lowest BCUT2D eigenvalue weighted by atomic mass is 10.1. The molecule has 2 heterocycles. The molecular formula is C10H18N2O3S. The lowest BCUT2D eigenvalue weighted by molar-refractivity contribution is -0.128. The van der Waals surface area contributed by atoms with Crippen LogP contribution in [0.15, 0.2) is 0 Å². The van der Waals surface area contributed by atoms with Crippen LogP contribution in [0, 0.1) is 0 Å². The van der Waals surface area contributed by atoms with Crippen LogP contribution in [0.4, 0.5) is 0 Å². The van der Waals surface area contributed by atoms with Crippen LogP contribution in [0.25, 0.3) is 0 Å². The van der Waals surface area contributed by atoms with Crippen LogP contribution >= 0.6 is 0 Å². The summed E-state index contributed by atoms with van der Waals surface area (Å²) in [6.07, 6.45) is 2.34. The van der Waals surface area contributed by atoms with E-state index in [2.05, 4.69) is 5.32 Å². The number of sulfone groups is 1. The second-order valence-electron chi connectivity index (χ2n) is 4.72. The Morgan fingerprint density at radius 1 is 1.38 bits per heavy atom. The maximum absolute atomic E-state index is 11.7. The van der Waals surface area contributed by atoms with Gasteiger partial charge in [0.2, 0.25) is 5.91 Å². The predicted octanol–water partition coefficient (Wildman–Crippen LogP) is -0.616. The molecule has 0 spiro atoms. The third-order valence-electron chi connectivity index (χ3n) is 3.33. The second-order valence-corrected chi connectivity index (χ2v) is 6.95. The van der Waals surface area contributed by atoms with E-state index >= 15 is 0 Å². The number of rotatable bonds is 2. The summed E-state index contributed by atoms with van der Waals surface area (Å²) >= 11 is 0. The van der Waals surface area contributed by atoms with E-state index in [1.54, 1.807) is 11.9 Å². The Morgan fingerprint density at radius 2 is 2.12 bits per heavy atom. The molecule has 0 saturated carbocycles. The van der Waals surface area contributed by atoms with Crippen molar-refractivity contribution >= 4 is 15.7 Å². The molecule has 2 saturated heterocycles. The standard InChI is InChI=1S/C10H18N2O3S/c1-12-5-4-9(10(12)13)11-8-3-2-6-16(14,15)7-8/h8-9,11H,2-7H2,1H3. The average molecular weight is 246 g/mol. The Morgan fingerprint density at radius 3 is 2.69 bits per heavy atom. The normalized spacial score (nSPS) is 34.3. The first-order valence-corrected chi connectivity index (χ1v) is 7.51. The van der Waals surface area contributed by atoms with Gasteiger partial charge in [0.25, 0.3) is 0 Å². The van der Waals surface area contributed by atoms with Gasteiger partial charge in [-0.1, -0.05) is 0 Å². The first-order valence-electron chi connectivity index (χ1n) is 5.69. The van der Waals surface area contributed by atoms with Crippen LogP contribution < -0.4 is 5.32 Å². The molecule has 1 amide bonds. The van der Waals surface area contributed by atoms with Gasteiger partial charge in [0, 0.05) is 19.6 Å². The monoisotopic (exact) mass is 246 g/mol. The highest BCUT2D eigenvalue weighted by Crippen LogP contribution is 2.15. The number of nitrogens with one attached hydrogen (secondary N) is 1. The number of carbonyl (C=O) groups excluding carboxylic acids is 1. The van der Waals surface area contributed by atoms with Gasteiger partial charge in [-0.2, -0.15) is 0 Å². The molecule has 6 heteroatoms. The summed E-state index contributed by atoms with van der Waals surface area (Å²) in [4.78, 5) is 13.3. The SMILES string of the molecule is CN1CCC(NC2CCCS(=O)(=O)C2)C1=O. The Kier molecular flexibility index (Phi) is 3.21. The zero-order valence-electron chi connectivity index (χ0n) is 9.48. The first-order chi connectivity index (χ1) is 7.48. The Bertz CT molecular complexity index is 380. The molecule has 0 aromatic heterocycles. The molecular weight excluding hydrogens is 228 g/mol. The fourth-order valence-corrected chi connectivity index (χ4v) is 4.06. The van der Waals surface area contributed by atoms with Crippen molar-refractivity contribution in [3.63, 3.8) is 0 Å². The van der Waals surface area contributed by atoms with Crippen molar-refractivity contribution in [3.05, 3.63) is 0 Å². The molecule has 2 fully saturated rings. The van der Waals surface area contributed by atoms with Crippen LogP contribution in [0.5, 0.6) is 0 Å². The van der Waals surface area contributed by atoms with Gasteiger partial charge >= 0.3 is 0 Å². The van der Waals surface area contributed by atoms with Crippen molar-refractivity contribution < 1.29 is 13.2 Å². The minimum atomic E-state index is -2.89. The van der Waals surface area contributed by atoms with Gasteiger partial charge in [0.1, 0.15) is 0 Å². The first kappa shape index (κ1) is 11.9. The molecule has 0 radical (unpaired) electrons. The van der Waals surface area contributed by atoms with E-state index < -0.39 is 9.84 Å². The molecule has 16 heavy (non-hydrogen) atoms. The zero-order chi connectivity index (χ0) is 11.8. The third kappa shape index (κ3) is 2.55. The molecule has 0 bridgehead atoms. The number of hydrogen-bond acceptors (Lipinski definition) is 4. The summed E-state index contributed by atoms with van der Waals surface area (Å²) in [6, 6.07) is -0.220. The van der Waals surface area contributed by atoms with Gasteiger partial charge in [-0.3, -0.25) is 4.79 Å². The van der Waals surface area contributed by atoms with Gasteiger partial charge in [-0.05, 0) is 19.3 Å². The minimum Gasteiger partial charge on any atom is -0.344 e.